The zero-order valence-electron chi connectivity index (χ0n) is 10.8. The molecule has 2 rings (SSSR count). The zero-order chi connectivity index (χ0) is 14.0. The fourth-order valence-corrected chi connectivity index (χ4v) is 2.73. The Balaban J connectivity index is 2.33. The van der Waals surface area contributed by atoms with Crippen molar-refractivity contribution in [2.24, 2.45) is 0 Å². The molecule has 0 bridgehead atoms. The van der Waals surface area contributed by atoms with Gasteiger partial charge in [-0.05, 0) is 40.5 Å². The molecule has 1 atom stereocenters. The van der Waals surface area contributed by atoms with Gasteiger partial charge in [0, 0.05) is 18.3 Å². The van der Waals surface area contributed by atoms with Crippen LogP contribution < -0.4 is 10.6 Å². The van der Waals surface area contributed by atoms with Crippen LogP contribution in [0, 0.1) is 0 Å². The average Bonchev–Trinajstić information content (AvgIpc) is 2.38. The predicted molar refractivity (Wildman–Crippen MR) is 84.6 cm³/mol. The monoisotopic (exact) mass is 339 g/mol. The molecule has 0 aliphatic rings. The molecule has 0 saturated carbocycles. The third kappa shape index (κ3) is 3.01. The van der Waals surface area contributed by atoms with E-state index in [9.17, 15) is 0 Å². The van der Waals surface area contributed by atoms with Crippen LogP contribution in [0.2, 0.25) is 5.02 Å². The molecule has 2 aromatic rings. The number of pyridine rings is 1. The molecule has 0 saturated heterocycles. The van der Waals surface area contributed by atoms with E-state index in [0.29, 0.717) is 5.69 Å². The summed E-state index contributed by atoms with van der Waals surface area (Å²) >= 11 is 9.41. The second kappa shape index (κ2) is 5.80. The summed E-state index contributed by atoms with van der Waals surface area (Å²) in [5, 5.41) is 0.739. The molecule has 3 nitrogen and oxygen atoms in total. The Morgan fingerprint density at radius 2 is 1.89 bits per heavy atom. The molecule has 1 heterocycles. The third-order valence-electron chi connectivity index (χ3n) is 3.19. The maximum Gasteiger partial charge on any atom is 0.0778 e. The van der Waals surface area contributed by atoms with E-state index in [-0.39, 0.29) is 6.04 Å². The highest BCUT2D eigenvalue weighted by atomic mass is 79.9. The molecule has 0 aliphatic carbocycles. The van der Waals surface area contributed by atoms with Gasteiger partial charge >= 0.3 is 0 Å². The van der Waals surface area contributed by atoms with Crippen LogP contribution in [0.1, 0.15) is 18.5 Å². The van der Waals surface area contributed by atoms with Gasteiger partial charge in [0.25, 0.3) is 0 Å². The number of aromatic nitrogens is 1. The first kappa shape index (κ1) is 14.2. The summed E-state index contributed by atoms with van der Waals surface area (Å²) in [6.07, 6.45) is 3.40. The Morgan fingerprint density at radius 3 is 2.47 bits per heavy atom. The minimum atomic E-state index is 0.179. The Morgan fingerprint density at radius 1 is 1.26 bits per heavy atom. The Bertz CT molecular complexity index is 551. The van der Waals surface area contributed by atoms with Gasteiger partial charge in [0.05, 0.1) is 28.1 Å². The van der Waals surface area contributed by atoms with E-state index in [4.69, 9.17) is 17.3 Å². The molecule has 1 aromatic carbocycles. The minimum absolute atomic E-state index is 0.179. The quantitative estimate of drug-likeness (QED) is 0.907. The Labute approximate surface area is 126 Å². The van der Waals surface area contributed by atoms with Crippen molar-refractivity contribution in [2.75, 3.05) is 17.7 Å². The lowest BCUT2D eigenvalue weighted by Crippen LogP contribution is -2.23. The van der Waals surface area contributed by atoms with Gasteiger partial charge in [-0.15, -0.1) is 0 Å². The van der Waals surface area contributed by atoms with Crippen LogP contribution in [-0.2, 0) is 0 Å². The van der Waals surface area contributed by atoms with Gasteiger partial charge in [-0.1, -0.05) is 23.7 Å². The maximum absolute atomic E-state index is 6.01. The summed E-state index contributed by atoms with van der Waals surface area (Å²) < 4.78 is 0.885. The molecule has 0 radical (unpaired) electrons. The van der Waals surface area contributed by atoms with Crippen molar-refractivity contribution < 1.29 is 0 Å². The molecule has 0 fully saturated rings. The predicted octanol–water partition coefficient (Wildman–Crippen LogP) is 4.28. The highest BCUT2D eigenvalue weighted by Crippen LogP contribution is 2.35. The lowest BCUT2D eigenvalue weighted by atomic mass is 10.1. The van der Waals surface area contributed by atoms with Gasteiger partial charge in [0.1, 0.15) is 0 Å². The smallest absolute Gasteiger partial charge is 0.0778 e. The zero-order valence-corrected chi connectivity index (χ0v) is 13.1. The van der Waals surface area contributed by atoms with E-state index in [1.807, 2.05) is 31.3 Å². The molecule has 0 amide bonds. The van der Waals surface area contributed by atoms with Crippen LogP contribution in [0.5, 0.6) is 0 Å². The van der Waals surface area contributed by atoms with Crippen LogP contribution in [-0.4, -0.2) is 12.0 Å². The Kier molecular flexibility index (Phi) is 4.32. The first-order valence-electron chi connectivity index (χ1n) is 5.88. The molecule has 1 unspecified atom stereocenters. The van der Waals surface area contributed by atoms with E-state index in [2.05, 4.69) is 32.7 Å². The van der Waals surface area contributed by atoms with Gasteiger partial charge in [0.2, 0.25) is 0 Å². The fourth-order valence-electron chi connectivity index (χ4n) is 1.97. The summed E-state index contributed by atoms with van der Waals surface area (Å²) in [6, 6.07) is 8.01. The van der Waals surface area contributed by atoms with Gasteiger partial charge < -0.3 is 10.6 Å². The van der Waals surface area contributed by atoms with Crippen molar-refractivity contribution in [1.82, 2.24) is 4.98 Å². The number of halogens is 2. The van der Waals surface area contributed by atoms with Crippen LogP contribution in [0.4, 0.5) is 11.4 Å². The van der Waals surface area contributed by atoms with Gasteiger partial charge in [0.15, 0.2) is 0 Å². The largest absolute Gasteiger partial charge is 0.396 e. The number of hydrogen-bond donors (Lipinski definition) is 1. The second-order valence-corrected chi connectivity index (χ2v) is 5.69. The second-order valence-electron chi connectivity index (χ2n) is 4.40. The number of rotatable bonds is 3. The first-order chi connectivity index (χ1) is 9.00. The topological polar surface area (TPSA) is 42.1 Å². The van der Waals surface area contributed by atoms with Crippen molar-refractivity contribution >= 4 is 38.9 Å². The number of nitrogens with zero attached hydrogens (tertiary/aromatic N) is 2. The lowest BCUT2D eigenvalue weighted by Gasteiger charge is -2.29. The molecular weight excluding hydrogens is 326 g/mol. The van der Waals surface area contributed by atoms with Gasteiger partial charge in [-0.3, -0.25) is 4.98 Å². The summed E-state index contributed by atoms with van der Waals surface area (Å²) in [7, 11) is 2.01. The molecule has 19 heavy (non-hydrogen) atoms. The van der Waals surface area contributed by atoms with Crippen molar-refractivity contribution in [3.05, 3.63) is 51.7 Å². The number of benzene rings is 1. The van der Waals surface area contributed by atoms with Crippen molar-refractivity contribution in [3.63, 3.8) is 0 Å². The molecular formula is C14H15BrClN3. The van der Waals surface area contributed by atoms with Crippen molar-refractivity contribution in [2.45, 2.75) is 13.0 Å². The average molecular weight is 341 g/mol. The van der Waals surface area contributed by atoms with Crippen LogP contribution in [0.25, 0.3) is 0 Å². The van der Waals surface area contributed by atoms with Crippen molar-refractivity contribution in [3.8, 4) is 0 Å². The van der Waals surface area contributed by atoms with Gasteiger partial charge in [-0.2, -0.15) is 0 Å². The summed E-state index contributed by atoms with van der Waals surface area (Å²) in [4.78, 5) is 6.17. The van der Waals surface area contributed by atoms with E-state index in [0.717, 1.165) is 15.2 Å². The molecule has 0 aliphatic heterocycles. The van der Waals surface area contributed by atoms with E-state index in [1.54, 1.807) is 12.4 Å². The summed E-state index contributed by atoms with van der Waals surface area (Å²) in [5.41, 5.74) is 8.78. The molecule has 100 valence electrons. The highest BCUT2D eigenvalue weighted by molar-refractivity contribution is 9.10. The van der Waals surface area contributed by atoms with Crippen LogP contribution in [0.15, 0.2) is 41.1 Å². The SMILES string of the molecule is CC(c1ccc(Cl)cc1)N(C)c1c(N)cncc1Br. The molecule has 2 N–H and O–H groups in total. The lowest BCUT2D eigenvalue weighted by molar-refractivity contribution is 0.739. The van der Waals surface area contributed by atoms with Crippen molar-refractivity contribution in [1.29, 1.82) is 0 Å². The molecule has 5 heteroatoms. The fraction of sp³-hybridized carbons (Fsp3) is 0.214. The molecule has 1 aromatic heterocycles. The molecule has 0 spiro atoms. The van der Waals surface area contributed by atoms with Crippen LogP contribution >= 0.6 is 27.5 Å². The normalized spacial score (nSPS) is 12.2. The van der Waals surface area contributed by atoms with Crippen LogP contribution in [0.3, 0.4) is 0 Å². The summed E-state index contributed by atoms with van der Waals surface area (Å²) in [6.45, 7) is 2.12. The van der Waals surface area contributed by atoms with E-state index >= 15 is 0 Å². The maximum atomic E-state index is 6.01. The van der Waals surface area contributed by atoms with Gasteiger partial charge in [-0.25, -0.2) is 0 Å². The number of anilines is 2. The first-order valence-corrected chi connectivity index (χ1v) is 7.05. The number of nitrogens with two attached hydrogens (primary N) is 1. The Hall–Kier alpha value is -1.26. The van der Waals surface area contributed by atoms with E-state index in [1.165, 1.54) is 5.56 Å². The number of hydrogen-bond acceptors (Lipinski definition) is 3. The van der Waals surface area contributed by atoms with E-state index < -0.39 is 0 Å². The third-order valence-corrected chi connectivity index (χ3v) is 4.02. The highest BCUT2D eigenvalue weighted by Gasteiger charge is 2.17. The number of nitrogen functional groups attached to an aromatic ring is 1. The standard InChI is InChI=1S/C14H15BrClN3/c1-9(10-3-5-11(16)6-4-10)19(2)14-12(15)7-18-8-13(14)17/h3-9H,17H2,1-2H3. The minimum Gasteiger partial charge on any atom is -0.396 e. The summed E-state index contributed by atoms with van der Waals surface area (Å²) in [5.74, 6) is 0.